The molecule has 0 atom stereocenters. The minimum Gasteiger partial charge on any atom is -0.355 e. The van der Waals surface area contributed by atoms with Crippen molar-refractivity contribution >= 4 is 17.6 Å². The van der Waals surface area contributed by atoms with Crippen molar-refractivity contribution in [1.29, 1.82) is 0 Å². The summed E-state index contributed by atoms with van der Waals surface area (Å²) in [5.74, 6) is 1.27. The van der Waals surface area contributed by atoms with Crippen molar-refractivity contribution in [2.75, 3.05) is 44.2 Å². The van der Waals surface area contributed by atoms with Gasteiger partial charge in [-0.25, -0.2) is 0 Å². The second kappa shape index (κ2) is 6.37. The highest BCUT2D eigenvalue weighted by Crippen LogP contribution is 2.31. The van der Waals surface area contributed by atoms with Crippen LogP contribution in [0, 0.1) is 5.92 Å². The number of aromatic nitrogens is 2. The van der Waals surface area contributed by atoms with Gasteiger partial charge in [0.2, 0.25) is 5.91 Å². The number of hydrogen-bond acceptors (Lipinski definition) is 5. The van der Waals surface area contributed by atoms with E-state index in [0.717, 1.165) is 31.7 Å². The largest absolute Gasteiger partial charge is 0.355 e. The molecule has 7 nitrogen and oxygen atoms in total. The van der Waals surface area contributed by atoms with E-state index in [1.807, 2.05) is 11.0 Å². The molecule has 0 aromatic carbocycles. The van der Waals surface area contributed by atoms with Gasteiger partial charge in [0.05, 0.1) is 0 Å². The van der Waals surface area contributed by atoms with E-state index in [0.29, 0.717) is 31.9 Å². The maximum Gasteiger partial charge on any atom is 0.274 e. The molecule has 1 aromatic heterocycles. The summed E-state index contributed by atoms with van der Waals surface area (Å²) in [5, 5.41) is 8.34. The first-order valence-corrected chi connectivity index (χ1v) is 8.89. The summed E-state index contributed by atoms with van der Waals surface area (Å²) in [6, 6.07) is 3.66. The third-order valence-electron chi connectivity index (χ3n) is 5.10. The molecule has 0 spiro atoms. The van der Waals surface area contributed by atoms with E-state index in [9.17, 15) is 9.59 Å². The molecule has 0 radical (unpaired) electrons. The van der Waals surface area contributed by atoms with Gasteiger partial charge in [-0.05, 0) is 37.8 Å². The average molecular weight is 329 g/mol. The highest BCUT2D eigenvalue weighted by atomic mass is 16.2. The fourth-order valence-electron chi connectivity index (χ4n) is 3.43. The van der Waals surface area contributed by atoms with E-state index in [1.54, 1.807) is 11.0 Å². The van der Waals surface area contributed by atoms with Gasteiger partial charge in [-0.2, -0.15) is 0 Å². The van der Waals surface area contributed by atoms with E-state index >= 15 is 0 Å². The molecular formula is C17H23N5O2. The van der Waals surface area contributed by atoms with Crippen LogP contribution >= 0.6 is 0 Å². The van der Waals surface area contributed by atoms with Crippen molar-refractivity contribution < 1.29 is 9.59 Å². The Balaban J connectivity index is 1.34. The molecule has 4 rings (SSSR count). The van der Waals surface area contributed by atoms with Crippen LogP contribution in [0.5, 0.6) is 0 Å². The molecule has 1 saturated carbocycles. The highest BCUT2D eigenvalue weighted by molar-refractivity contribution is 5.92. The Kier molecular flexibility index (Phi) is 4.08. The number of hydrogen-bond donors (Lipinski definition) is 0. The highest BCUT2D eigenvalue weighted by Gasteiger charge is 2.35. The third kappa shape index (κ3) is 3.07. The molecule has 2 aliphatic heterocycles. The van der Waals surface area contributed by atoms with E-state index in [4.69, 9.17) is 0 Å². The van der Waals surface area contributed by atoms with Crippen LogP contribution in [0.25, 0.3) is 0 Å². The van der Waals surface area contributed by atoms with Crippen LogP contribution in [0.4, 0.5) is 5.82 Å². The van der Waals surface area contributed by atoms with Gasteiger partial charge in [-0.1, -0.05) is 0 Å². The second-order valence-electron chi connectivity index (χ2n) is 6.86. The summed E-state index contributed by atoms with van der Waals surface area (Å²) < 4.78 is 0. The van der Waals surface area contributed by atoms with Crippen LogP contribution < -0.4 is 4.90 Å². The molecular weight excluding hydrogens is 306 g/mol. The first-order chi connectivity index (χ1) is 11.7. The molecule has 7 heteroatoms. The lowest BCUT2D eigenvalue weighted by molar-refractivity contribution is -0.134. The molecule has 1 aliphatic carbocycles. The lowest BCUT2D eigenvalue weighted by Crippen LogP contribution is -2.51. The monoisotopic (exact) mass is 329 g/mol. The molecule has 0 unspecified atom stereocenters. The Labute approximate surface area is 141 Å². The SMILES string of the molecule is O=C(c1ccc(N2CCCC2)nn1)N1CCN(C(=O)C2CC2)CC1. The van der Waals surface area contributed by atoms with Crippen molar-refractivity contribution in [3.8, 4) is 0 Å². The lowest BCUT2D eigenvalue weighted by atomic mass is 10.2. The number of carbonyl (C=O) groups excluding carboxylic acids is 2. The van der Waals surface area contributed by atoms with Gasteiger partial charge in [0.25, 0.3) is 5.91 Å². The Hall–Kier alpha value is -2.18. The molecule has 3 heterocycles. The minimum atomic E-state index is -0.0889. The first-order valence-electron chi connectivity index (χ1n) is 8.89. The van der Waals surface area contributed by atoms with Crippen molar-refractivity contribution in [1.82, 2.24) is 20.0 Å². The van der Waals surface area contributed by atoms with E-state index in [1.165, 1.54) is 12.8 Å². The predicted octanol–water partition coefficient (Wildman–Crippen LogP) is 0.771. The van der Waals surface area contributed by atoms with Gasteiger partial charge in [-0.15, -0.1) is 10.2 Å². The van der Waals surface area contributed by atoms with Crippen LogP contribution in [0.3, 0.4) is 0 Å². The number of piperazine rings is 1. The van der Waals surface area contributed by atoms with Crippen molar-refractivity contribution in [3.63, 3.8) is 0 Å². The van der Waals surface area contributed by atoms with Crippen LogP contribution in [-0.4, -0.2) is 71.1 Å². The Bertz CT molecular complexity index is 614. The number of carbonyl (C=O) groups is 2. The topological polar surface area (TPSA) is 69.6 Å². The predicted molar refractivity (Wildman–Crippen MR) is 88.7 cm³/mol. The maximum atomic E-state index is 12.6. The van der Waals surface area contributed by atoms with E-state index < -0.39 is 0 Å². The van der Waals surface area contributed by atoms with Gasteiger partial charge in [-0.3, -0.25) is 9.59 Å². The molecule has 2 amide bonds. The molecule has 3 aliphatic rings. The fraction of sp³-hybridized carbons (Fsp3) is 0.647. The Morgan fingerprint density at radius 2 is 1.54 bits per heavy atom. The molecule has 3 fully saturated rings. The summed E-state index contributed by atoms with van der Waals surface area (Å²) in [6.07, 6.45) is 4.42. The lowest BCUT2D eigenvalue weighted by Gasteiger charge is -2.34. The zero-order valence-electron chi connectivity index (χ0n) is 13.9. The smallest absolute Gasteiger partial charge is 0.274 e. The van der Waals surface area contributed by atoms with Crippen LogP contribution in [0.15, 0.2) is 12.1 Å². The third-order valence-corrected chi connectivity index (χ3v) is 5.10. The number of nitrogens with zero attached hydrogens (tertiary/aromatic N) is 5. The van der Waals surface area contributed by atoms with Gasteiger partial charge < -0.3 is 14.7 Å². The summed E-state index contributed by atoms with van der Waals surface area (Å²) >= 11 is 0. The summed E-state index contributed by atoms with van der Waals surface area (Å²) in [6.45, 7) is 4.43. The standard InChI is InChI=1S/C17H23N5O2/c23-16(13-3-4-13)21-9-11-22(12-10-21)17(24)14-5-6-15(19-18-14)20-7-1-2-8-20/h5-6,13H,1-4,7-12H2. The van der Waals surface area contributed by atoms with E-state index in [2.05, 4.69) is 15.1 Å². The molecule has 0 bridgehead atoms. The zero-order chi connectivity index (χ0) is 16.5. The normalized spacial score (nSPS) is 21.2. The van der Waals surface area contributed by atoms with E-state index in [-0.39, 0.29) is 17.7 Å². The minimum absolute atomic E-state index is 0.0889. The molecule has 0 N–H and O–H groups in total. The second-order valence-corrected chi connectivity index (χ2v) is 6.86. The van der Waals surface area contributed by atoms with Crippen LogP contribution in [-0.2, 0) is 4.79 Å². The van der Waals surface area contributed by atoms with Crippen molar-refractivity contribution in [3.05, 3.63) is 17.8 Å². The molecule has 24 heavy (non-hydrogen) atoms. The molecule has 128 valence electrons. The summed E-state index contributed by atoms with van der Waals surface area (Å²) in [5.41, 5.74) is 0.389. The van der Waals surface area contributed by atoms with Crippen molar-refractivity contribution in [2.45, 2.75) is 25.7 Å². The van der Waals surface area contributed by atoms with Gasteiger partial charge in [0.1, 0.15) is 0 Å². The first kappa shape index (κ1) is 15.4. The zero-order valence-corrected chi connectivity index (χ0v) is 13.9. The Morgan fingerprint density at radius 3 is 2.12 bits per heavy atom. The quantitative estimate of drug-likeness (QED) is 0.819. The number of amides is 2. The van der Waals surface area contributed by atoms with Gasteiger partial charge in [0.15, 0.2) is 11.5 Å². The van der Waals surface area contributed by atoms with Crippen molar-refractivity contribution in [2.24, 2.45) is 5.92 Å². The number of anilines is 1. The number of rotatable bonds is 3. The van der Waals surface area contributed by atoms with Crippen LogP contribution in [0.1, 0.15) is 36.2 Å². The van der Waals surface area contributed by atoms with Gasteiger partial charge in [0, 0.05) is 45.2 Å². The molecule has 1 aromatic rings. The summed E-state index contributed by atoms with van der Waals surface area (Å²) in [7, 11) is 0. The van der Waals surface area contributed by atoms with Gasteiger partial charge >= 0.3 is 0 Å². The summed E-state index contributed by atoms with van der Waals surface area (Å²) in [4.78, 5) is 30.5. The Morgan fingerprint density at radius 1 is 0.875 bits per heavy atom. The van der Waals surface area contributed by atoms with Crippen LogP contribution in [0.2, 0.25) is 0 Å². The average Bonchev–Trinajstić information content (AvgIpc) is 3.35. The molecule has 2 saturated heterocycles. The fourth-order valence-corrected chi connectivity index (χ4v) is 3.43. The maximum absolute atomic E-state index is 12.6.